The number of aromatic nitrogens is 3. The Morgan fingerprint density at radius 3 is 2.66 bits per heavy atom. The Kier molecular flexibility index (Phi) is 6.43. The average molecular weight is 480 g/mol. The van der Waals surface area contributed by atoms with Crippen LogP contribution in [0.2, 0.25) is 25.7 Å². The molecule has 32 heavy (non-hydrogen) atoms. The van der Waals surface area contributed by atoms with E-state index in [9.17, 15) is 8.42 Å². The van der Waals surface area contributed by atoms with Gasteiger partial charge < -0.3 is 14.2 Å². The number of nitrogens with zero attached hydrogens (tertiary/aromatic N) is 5. The molecular weight excluding hydrogens is 442 g/mol. The molecule has 2 aliphatic rings. The van der Waals surface area contributed by atoms with Crippen LogP contribution in [0, 0.1) is 11.3 Å². The van der Waals surface area contributed by atoms with Gasteiger partial charge in [-0.1, -0.05) is 26.6 Å². The molecule has 178 valence electrons. The van der Waals surface area contributed by atoms with E-state index in [-0.39, 0.29) is 5.41 Å². The second kappa shape index (κ2) is 8.70. The maximum atomic E-state index is 12.2. The van der Waals surface area contributed by atoms with E-state index in [1.807, 2.05) is 10.8 Å². The third kappa shape index (κ3) is 5.03. The highest BCUT2D eigenvalue weighted by Crippen LogP contribution is 2.43. The van der Waals surface area contributed by atoms with E-state index >= 15 is 0 Å². The molecule has 4 heterocycles. The molecule has 0 aliphatic carbocycles. The van der Waals surface area contributed by atoms with Crippen LogP contribution in [0.5, 0.6) is 0 Å². The maximum absolute atomic E-state index is 12.2. The molecule has 0 N–H and O–H groups in total. The molecule has 4 rings (SSSR count). The molecular formula is C22H37N5O3SSi. The zero-order valence-corrected chi connectivity index (χ0v) is 21.9. The molecule has 0 spiro atoms. The number of piperidine rings is 2. The fourth-order valence-corrected chi connectivity index (χ4v) is 6.83. The van der Waals surface area contributed by atoms with E-state index in [4.69, 9.17) is 4.74 Å². The summed E-state index contributed by atoms with van der Waals surface area (Å²) in [5.41, 5.74) is 0.802. The summed E-state index contributed by atoms with van der Waals surface area (Å²) in [6.45, 7) is 13.5. The number of ether oxygens (including phenoxy) is 1. The average Bonchev–Trinajstić information content (AvgIpc) is 3.11. The highest BCUT2D eigenvalue weighted by Gasteiger charge is 2.45. The number of rotatable bonds is 7. The van der Waals surface area contributed by atoms with Gasteiger partial charge in [-0.2, -0.15) is 0 Å². The molecule has 2 aliphatic heterocycles. The van der Waals surface area contributed by atoms with Crippen molar-refractivity contribution in [2.75, 3.05) is 43.9 Å². The third-order valence-corrected chi connectivity index (χ3v) is 10.0. The number of hydrogen-bond donors (Lipinski definition) is 0. The van der Waals surface area contributed by atoms with Crippen molar-refractivity contribution in [1.29, 1.82) is 0 Å². The molecule has 0 radical (unpaired) electrons. The molecule has 2 aromatic rings. The third-order valence-electron chi connectivity index (χ3n) is 7.08. The van der Waals surface area contributed by atoms with Crippen molar-refractivity contribution >= 4 is 34.9 Å². The van der Waals surface area contributed by atoms with E-state index < -0.39 is 18.1 Å². The Hall–Kier alpha value is -1.49. The van der Waals surface area contributed by atoms with Crippen LogP contribution in [0.1, 0.15) is 19.8 Å². The SMILES string of the molecule is C[C@@]12CN(c3ncnc4c3ccn4COCC[Si](C)(C)C)CC[C@@H]1CCN(S(C)(=O)=O)C2. The molecule has 2 saturated heterocycles. The Labute approximate surface area is 193 Å². The maximum Gasteiger partial charge on any atom is 0.211 e. The monoisotopic (exact) mass is 479 g/mol. The normalized spacial score (nSPS) is 25.3. The Morgan fingerprint density at radius 2 is 1.94 bits per heavy atom. The first-order valence-electron chi connectivity index (χ1n) is 11.5. The standard InChI is InChI=1S/C22H37N5O3SSi/c1-22-14-25(9-6-18(22)7-11-27(15-22)31(2,28)29)20-19-8-10-26(21(19)24-16-23-20)17-30-12-13-32(3,4)5/h8,10,16,18H,6-7,9,11-15,17H2,1-5H3/t18-,22+/m1/s1. The quantitative estimate of drug-likeness (QED) is 0.448. The van der Waals surface area contributed by atoms with Crippen LogP contribution < -0.4 is 4.90 Å². The van der Waals surface area contributed by atoms with Gasteiger partial charge in [0.1, 0.15) is 24.5 Å². The number of hydrogen-bond acceptors (Lipinski definition) is 6. The van der Waals surface area contributed by atoms with Crippen LogP contribution in [0.3, 0.4) is 0 Å². The minimum absolute atomic E-state index is 0.0840. The van der Waals surface area contributed by atoms with E-state index in [1.54, 1.807) is 10.6 Å². The van der Waals surface area contributed by atoms with Gasteiger partial charge in [-0.3, -0.25) is 0 Å². The molecule has 2 fully saturated rings. The van der Waals surface area contributed by atoms with Crippen LogP contribution in [-0.2, 0) is 21.5 Å². The molecule has 2 atom stereocenters. The lowest BCUT2D eigenvalue weighted by Gasteiger charge is -2.51. The van der Waals surface area contributed by atoms with Crippen LogP contribution in [0.15, 0.2) is 18.6 Å². The summed E-state index contributed by atoms with van der Waals surface area (Å²) in [5.74, 6) is 1.48. The number of fused-ring (bicyclic) bond motifs is 2. The minimum Gasteiger partial charge on any atom is -0.361 e. The van der Waals surface area contributed by atoms with Gasteiger partial charge in [-0.25, -0.2) is 22.7 Å². The minimum atomic E-state index is -3.17. The first-order valence-corrected chi connectivity index (χ1v) is 17.1. The molecule has 0 aromatic carbocycles. The zero-order chi connectivity index (χ0) is 23.1. The van der Waals surface area contributed by atoms with Crippen LogP contribution in [-0.4, -0.2) is 74.4 Å². The summed E-state index contributed by atoms with van der Waals surface area (Å²) < 4.78 is 34.0. The van der Waals surface area contributed by atoms with Crippen molar-refractivity contribution < 1.29 is 13.2 Å². The first-order chi connectivity index (χ1) is 15.0. The number of anilines is 1. The van der Waals surface area contributed by atoms with Gasteiger partial charge >= 0.3 is 0 Å². The molecule has 10 heteroatoms. The van der Waals surface area contributed by atoms with E-state index in [2.05, 4.69) is 47.5 Å². The Bertz CT molecular complexity index is 1070. The van der Waals surface area contributed by atoms with E-state index in [1.165, 1.54) is 6.26 Å². The lowest BCUT2D eigenvalue weighted by molar-refractivity contribution is 0.0679. The largest absolute Gasteiger partial charge is 0.361 e. The van der Waals surface area contributed by atoms with Crippen LogP contribution in [0.4, 0.5) is 5.82 Å². The summed E-state index contributed by atoms with van der Waals surface area (Å²) in [4.78, 5) is 11.5. The molecule has 0 bridgehead atoms. The van der Waals surface area contributed by atoms with Gasteiger partial charge in [0.05, 0.1) is 11.6 Å². The predicted octanol–water partition coefficient (Wildman–Crippen LogP) is 3.24. The Balaban J connectivity index is 1.51. The summed E-state index contributed by atoms with van der Waals surface area (Å²) in [7, 11) is -4.28. The molecule has 0 unspecified atom stereocenters. The molecule has 2 aromatic heterocycles. The molecule has 0 saturated carbocycles. The fraction of sp³-hybridized carbons (Fsp3) is 0.727. The highest BCUT2D eigenvalue weighted by molar-refractivity contribution is 7.88. The molecule has 8 nitrogen and oxygen atoms in total. The fourth-order valence-electron chi connectivity index (χ4n) is 5.11. The van der Waals surface area contributed by atoms with Crippen molar-refractivity contribution in [3.63, 3.8) is 0 Å². The molecule has 0 amide bonds. The predicted molar refractivity (Wildman–Crippen MR) is 131 cm³/mol. The first kappa shape index (κ1) is 23.7. The van der Waals surface area contributed by atoms with Crippen LogP contribution in [0.25, 0.3) is 11.0 Å². The summed E-state index contributed by atoms with van der Waals surface area (Å²) in [6, 6.07) is 3.22. The van der Waals surface area contributed by atoms with Crippen molar-refractivity contribution in [2.45, 2.75) is 52.2 Å². The van der Waals surface area contributed by atoms with Gasteiger partial charge in [-0.05, 0) is 30.9 Å². The topological polar surface area (TPSA) is 80.6 Å². The van der Waals surface area contributed by atoms with Gasteiger partial charge in [-0.15, -0.1) is 0 Å². The van der Waals surface area contributed by atoms with Gasteiger partial charge in [0.15, 0.2) is 0 Å². The van der Waals surface area contributed by atoms with Crippen molar-refractivity contribution in [3.8, 4) is 0 Å². The zero-order valence-electron chi connectivity index (χ0n) is 20.0. The van der Waals surface area contributed by atoms with Crippen molar-refractivity contribution in [3.05, 3.63) is 18.6 Å². The Morgan fingerprint density at radius 1 is 1.19 bits per heavy atom. The second-order valence-corrected chi connectivity index (χ2v) is 18.6. The second-order valence-electron chi connectivity index (χ2n) is 11.0. The number of sulfonamides is 1. The van der Waals surface area contributed by atoms with Gasteiger partial charge in [0.25, 0.3) is 0 Å². The lowest BCUT2D eigenvalue weighted by Crippen LogP contribution is -2.57. The van der Waals surface area contributed by atoms with Crippen molar-refractivity contribution in [2.24, 2.45) is 11.3 Å². The van der Waals surface area contributed by atoms with E-state index in [0.29, 0.717) is 25.7 Å². The van der Waals surface area contributed by atoms with Gasteiger partial charge in [0, 0.05) is 52.5 Å². The van der Waals surface area contributed by atoms with Gasteiger partial charge in [0.2, 0.25) is 10.0 Å². The smallest absolute Gasteiger partial charge is 0.211 e. The van der Waals surface area contributed by atoms with Crippen LogP contribution >= 0.6 is 0 Å². The van der Waals surface area contributed by atoms with Crippen molar-refractivity contribution in [1.82, 2.24) is 18.8 Å². The summed E-state index contributed by atoms with van der Waals surface area (Å²) in [5, 5.41) is 1.03. The lowest BCUT2D eigenvalue weighted by atomic mass is 9.69. The summed E-state index contributed by atoms with van der Waals surface area (Å²) >= 11 is 0. The van der Waals surface area contributed by atoms with E-state index in [0.717, 1.165) is 55.4 Å². The summed E-state index contributed by atoms with van der Waals surface area (Å²) in [6.07, 6.45) is 6.97. The highest BCUT2D eigenvalue weighted by atomic mass is 32.2.